The lowest BCUT2D eigenvalue weighted by molar-refractivity contribution is 0.536. The molecule has 0 radical (unpaired) electrons. The van der Waals surface area contributed by atoms with Crippen molar-refractivity contribution in [3.05, 3.63) is 0 Å². The van der Waals surface area contributed by atoms with Crippen LogP contribution >= 0.6 is 0 Å². The summed E-state index contributed by atoms with van der Waals surface area (Å²) in [6.07, 6.45) is 2.56. The molecule has 0 atom stereocenters. The van der Waals surface area contributed by atoms with Crippen molar-refractivity contribution >= 4 is 18.9 Å². The minimum Gasteiger partial charge on any atom is -0.266 e. The van der Waals surface area contributed by atoms with E-state index < -0.39 is 0 Å². The normalized spacial score (nSPS) is 9.80. The predicted molar refractivity (Wildman–Crippen MR) is 43.8 cm³/mol. The fraction of sp³-hybridized carbons (Fsp3) is 0.500. The Morgan fingerprint density at radius 3 is 2.80 bits per heavy atom. The van der Waals surface area contributed by atoms with Crippen molar-refractivity contribution in [2.45, 2.75) is 13.3 Å². The molecule has 0 aliphatic heterocycles. The predicted octanol–water partition coefficient (Wildman–Crippen LogP) is 0.949. The Balaban J connectivity index is 3.83. The highest BCUT2D eigenvalue weighted by atomic mass is 15.5. The molecule has 0 fully saturated rings. The number of rotatable bonds is 2. The molecule has 0 saturated heterocycles. The second-order valence-corrected chi connectivity index (χ2v) is 1.71. The summed E-state index contributed by atoms with van der Waals surface area (Å²) in [6.45, 7) is 5.17. The van der Waals surface area contributed by atoms with Gasteiger partial charge in [-0.25, -0.2) is 10.0 Å². The molecule has 0 saturated carbocycles. The van der Waals surface area contributed by atoms with Crippen molar-refractivity contribution in [2.24, 2.45) is 10.1 Å². The molecule has 0 bridgehead atoms. The van der Waals surface area contributed by atoms with Gasteiger partial charge in [-0.15, -0.1) is 0 Å². The number of hydrazone groups is 1. The molecular weight excluding hydrogens is 128 g/mol. The maximum Gasteiger partial charge on any atom is 0.237 e. The van der Waals surface area contributed by atoms with E-state index in [4.69, 9.17) is 5.41 Å². The number of guanidine groups is 1. The minimum absolute atomic E-state index is 0.0599. The summed E-state index contributed by atoms with van der Waals surface area (Å²) in [5, 5.41) is 12.3. The Morgan fingerprint density at radius 1 is 1.80 bits per heavy atom. The summed E-state index contributed by atoms with van der Waals surface area (Å²) in [5.74, 6) is 0.0599. The molecule has 0 aliphatic rings. The van der Waals surface area contributed by atoms with E-state index in [0.717, 1.165) is 6.42 Å². The van der Waals surface area contributed by atoms with E-state index >= 15 is 0 Å². The van der Waals surface area contributed by atoms with Crippen LogP contribution in [-0.4, -0.2) is 30.9 Å². The zero-order chi connectivity index (χ0) is 7.98. The van der Waals surface area contributed by atoms with E-state index in [1.165, 1.54) is 5.01 Å². The fourth-order valence-electron chi connectivity index (χ4n) is 0.361. The van der Waals surface area contributed by atoms with Gasteiger partial charge in [0.25, 0.3) is 0 Å². The van der Waals surface area contributed by atoms with Crippen LogP contribution < -0.4 is 0 Å². The molecule has 0 aromatic heterocycles. The SMILES string of the molecule is C=NC(=N)N(C)/N=C\CC. The van der Waals surface area contributed by atoms with Gasteiger partial charge in [-0.05, 0) is 13.1 Å². The summed E-state index contributed by atoms with van der Waals surface area (Å²) in [6, 6.07) is 0. The smallest absolute Gasteiger partial charge is 0.237 e. The van der Waals surface area contributed by atoms with Gasteiger partial charge < -0.3 is 0 Å². The van der Waals surface area contributed by atoms with E-state index in [0.29, 0.717) is 0 Å². The first-order chi connectivity index (χ1) is 4.72. The molecule has 0 aromatic rings. The lowest BCUT2D eigenvalue weighted by Gasteiger charge is -2.07. The van der Waals surface area contributed by atoms with Gasteiger partial charge in [0, 0.05) is 13.3 Å². The number of hydrogen-bond donors (Lipinski definition) is 1. The van der Waals surface area contributed by atoms with Crippen molar-refractivity contribution in [3.63, 3.8) is 0 Å². The van der Waals surface area contributed by atoms with Crippen LogP contribution in [0.1, 0.15) is 13.3 Å². The molecule has 0 rings (SSSR count). The monoisotopic (exact) mass is 140 g/mol. The van der Waals surface area contributed by atoms with Gasteiger partial charge in [0.1, 0.15) is 0 Å². The van der Waals surface area contributed by atoms with E-state index in [2.05, 4.69) is 16.8 Å². The standard InChI is InChI=1S/C6H12N4/c1-4-5-9-10(3)6(7)8-2/h5,7H,2,4H2,1,3H3/b7-6?,9-5-. The van der Waals surface area contributed by atoms with Crippen LogP contribution in [0.5, 0.6) is 0 Å². The Hall–Kier alpha value is -1.19. The number of aliphatic imine (C=N–C) groups is 1. The van der Waals surface area contributed by atoms with Crippen LogP contribution in [-0.2, 0) is 0 Å². The minimum atomic E-state index is 0.0599. The van der Waals surface area contributed by atoms with E-state index in [1.807, 2.05) is 6.92 Å². The molecule has 10 heavy (non-hydrogen) atoms. The van der Waals surface area contributed by atoms with Crippen LogP contribution in [0.4, 0.5) is 0 Å². The molecular formula is C6H12N4. The maximum absolute atomic E-state index is 7.10. The van der Waals surface area contributed by atoms with Gasteiger partial charge >= 0.3 is 0 Å². The zero-order valence-electron chi connectivity index (χ0n) is 6.33. The lowest BCUT2D eigenvalue weighted by atomic mass is 10.6. The highest BCUT2D eigenvalue weighted by Crippen LogP contribution is 1.85. The van der Waals surface area contributed by atoms with Crippen molar-refractivity contribution in [3.8, 4) is 0 Å². The third-order valence-corrected chi connectivity index (χ3v) is 0.894. The van der Waals surface area contributed by atoms with E-state index in [-0.39, 0.29) is 5.96 Å². The van der Waals surface area contributed by atoms with Gasteiger partial charge in [-0.1, -0.05) is 6.92 Å². The van der Waals surface area contributed by atoms with Gasteiger partial charge in [-0.2, -0.15) is 5.10 Å². The molecule has 0 spiro atoms. The van der Waals surface area contributed by atoms with Crippen molar-refractivity contribution in [1.82, 2.24) is 5.01 Å². The summed E-state index contributed by atoms with van der Waals surface area (Å²) < 4.78 is 0. The summed E-state index contributed by atoms with van der Waals surface area (Å²) >= 11 is 0. The van der Waals surface area contributed by atoms with Crippen LogP contribution in [0.2, 0.25) is 0 Å². The maximum atomic E-state index is 7.10. The third-order valence-electron chi connectivity index (χ3n) is 0.894. The first-order valence-electron chi connectivity index (χ1n) is 3.03. The van der Waals surface area contributed by atoms with Crippen molar-refractivity contribution in [2.75, 3.05) is 7.05 Å². The molecule has 0 amide bonds. The lowest BCUT2D eigenvalue weighted by Crippen LogP contribution is -2.17. The van der Waals surface area contributed by atoms with Gasteiger partial charge in [0.05, 0.1) is 0 Å². The van der Waals surface area contributed by atoms with Crippen LogP contribution in [0.15, 0.2) is 10.1 Å². The average molecular weight is 140 g/mol. The molecule has 0 unspecified atom stereocenters. The summed E-state index contributed by atoms with van der Waals surface area (Å²) in [7, 11) is 1.66. The molecule has 0 aromatic carbocycles. The van der Waals surface area contributed by atoms with Crippen molar-refractivity contribution in [1.29, 1.82) is 5.41 Å². The molecule has 1 N–H and O–H groups in total. The summed E-state index contributed by atoms with van der Waals surface area (Å²) in [5.41, 5.74) is 0. The second kappa shape index (κ2) is 4.67. The first kappa shape index (κ1) is 8.81. The third kappa shape index (κ3) is 2.96. The first-order valence-corrected chi connectivity index (χ1v) is 3.03. The van der Waals surface area contributed by atoms with Gasteiger partial charge in [-0.3, -0.25) is 5.41 Å². The number of nitrogens with zero attached hydrogens (tertiary/aromatic N) is 3. The topological polar surface area (TPSA) is 51.8 Å². The average Bonchev–Trinajstić information content (AvgIpc) is 1.98. The van der Waals surface area contributed by atoms with Crippen LogP contribution in [0, 0.1) is 5.41 Å². The van der Waals surface area contributed by atoms with Gasteiger partial charge in [0.2, 0.25) is 5.96 Å². The Kier molecular flexibility index (Phi) is 4.11. The zero-order valence-corrected chi connectivity index (χ0v) is 6.33. The summed E-state index contributed by atoms with van der Waals surface area (Å²) in [4.78, 5) is 3.39. The van der Waals surface area contributed by atoms with Gasteiger partial charge in [0.15, 0.2) is 0 Å². The highest BCUT2D eigenvalue weighted by molar-refractivity contribution is 5.81. The second-order valence-electron chi connectivity index (χ2n) is 1.71. The van der Waals surface area contributed by atoms with Crippen LogP contribution in [0.25, 0.3) is 0 Å². The molecule has 56 valence electrons. The molecule has 0 aliphatic carbocycles. The molecule has 4 nitrogen and oxygen atoms in total. The van der Waals surface area contributed by atoms with Crippen molar-refractivity contribution < 1.29 is 0 Å². The highest BCUT2D eigenvalue weighted by Gasteiger charge is 1.94. The largest absolute Gasteiger partial charge is 0.266 e. The fourth-order valence-corrected chi connectivity index (χ4v) is 0.361. The van der Waals surface area contributed by atoms with E-state index in [1.54, 1.807) is 13.3 Å². The molecule has 0 heterocycles. The quantitative estimate of drug-likeness (QED) is 0.346. The van der Waals surface area contributed by atoms with E-state index in [9.17, 15) is 0 Å². The van der Waals surface area contributed by atoms with Crippen LogP contribution in [0.3, 0.4) is 0 Å². The Bertz CT molecular complexity index is 150. The Labute approximate surface area is 60.8 Å². The number of hydrogen-bond acceptors (Lipinski definition) is 2. The Morgan fingerprint density at radius 2 is 2.40 bits per heavy atom. The number of nitrogens with one attached hydrogen (secondary N) is 1. The molecule has 4 heteroatoms.